The summed E-state index contributed by atoms with van der Waals surface area (Å²) in [4.78, 5) is 20.5. The third kappa shape index (κ3) is 6.35. The first-order chi connectivity index (χ1) is 19.3. The lowest BCUT2D eigenvalue weighted by molar-refractivity contribution is -0.113. The molecule has 3 saturated heterocycles. The zero-order chi connectivity index (χ0) is 28.2. The number of nitrogens with zero attached hydrogens (tertiary/aromatic N) is 3. The van der Waals surface area contributed by atoms with Gasteiger partial charge in [0.15, 0.2) is 28.8 Å². The summed E-state index contributed by atoms with van der Waals surface area (Å²) >= 11 is 0. The van der Waals surface area contributed by atoms with Crippen molar-refractivity contribution in [3.8, 4) is 23.0 Å². The molecule has 0 aliphatic carbocycles. The van der Waals surface area contributed by atoms with Gasteiger partial charge in [0.25, 0.3) is 0 Å². The van der Waals surface area contributed by atoms with Crippen molar-refractivity contribution in [1.29, 1.82) is 0 Å². The molecule has 0 bridgehead atoms. The Morgan fingerprint density at radius 3 is 1.50 bits per heavy atom. The van der Waals surface area contributed by atoms with Crippen LogP contribution in [0.5, 0.6) is 23.0 Å². The highest BCUT2D eigenvalue weighted by Crippen LogP contribution is 2.36. The van der Waals surface area contributed by atoms with E-state index in [0.717, 1.165) is 48.4 Å². The van der Waals surface area contributed by atoms with Gasteiger partial charge in [0.1, 0.15) is 0 Å². The average Bonchev–Trinajstić information content (AvgIpc) is 3.65. The van der Waals surface area contributed by atoms with Crippen LogP contribution in [0.2, 0.25) is 0 Å². The first-order valence-electron chi connectivity index (χ1n) is 14.2. The highest BCUT2D eigenvalue weighted by atomic mass is 16.5. The molecule has 8 heteroatoms. The molecule has 2 aromatic rings. The van der Waals surface area contributed by atoms with Gasteiger partial charge in [-0.05, 0) is 106 Å². The Morgan fingerprint density at radius 1 is 0.725 bits per heavy atom. The normalized spacial score (nSPS) is 21.1. The molecular formula is C32H41N3O5. The van der Waals surface area contributed by atoms with Crippen LogP contribution in [-0.4, -0.2) is 91.2 Å². The number of carbonyl (C=O) groups excluding carboxylic acids is 1. The van der Waals surface area contributed by atoms with E-state index in [9.17, 15) is 15.0 Å². The van der Waals surface area contributed by atoms with E-state index in [-0.39, 0.29) is 17.3 Å². The van der Waals surface area contributed by atoms with Crippen molar-refractivity contribution in [3.05, 3.63) is 57.7 Å². The van der Waals surface area contributed by atoms with E-state index >= 15 is 0 Å². The molecule has 40 heavy (non-hydrogen) atoms. The van der Waals surface area contributed by atoms with Crippen LogP contribution in [0.25, 0.3) is 12.2 Å². The summed E-state index contributed by atoms with van der Waals surface area (Å²) in [6.07, 6.45) is 8.51. The molecule has 3 heterocycles. The molecule has 5 rings (SSSR count). The number of piperidine rings is 1. The van der Waals surface area contributed by atoms with Crippen LogP contribution in [0.3, 0.4) is 0 Å². The fraction of sp³-hybridized carbons (Fsp3) is 0.469. The smallest absolute Gasteiger partial charge is 0.187 e. The Morgan fingerprint density at radius 2 is 1.12 bits per heavy atom. The van der Waals surface area contributed by atoms with Crippen LogP contribution in [0.1, 0.15) is 47.9 Å². The summed E-state index contributed by atoms with van der Waals surface area (Å²) in [6, 6.07) is 7.50. The minimum atomic E-state index is -0.000584. The van der Waals surface area contributed by atoms with E-state index in [0.29, 0.717) is 48.8 Å². The van der Waals surface area contributed by atoms with Gasteiger partial charge in [-0.15, -0.1) is 0 Å². The number of carbonyl (C=O) groups is 1. The van der Waals surface area contributed by atoms with Gasteiger partial charge in [0, 0.05) is 48.5 Å². The van der Waals surface area contributed by atoms with Gasteiger partial charge < -0.3 is 19.7 Å². The van der Waals surface area contributed by atoms with Gasteiger partial charge >= 0.3 is 0 Å². The second-order valence-corrected chi connectivity index (χ2v) is 11.3. The zero-order valence-electron chi connectivity index (χ0n) is 23.9. The summed E-state index contributed by atoms with van der Waals surface area (Å²) in [5, 5.41) is 21.5. The number of phenolic OH excluding ortho intramolecular Hbond substituents is 2. The number of Topliss-reactive ketones (excluding diaryl/α,β-unsaturated/α-hetero) is 1. The standard InChI is InChI=1S/C32H41N3O5/c1-33-18-24(12-22-14-26(20-34-8-4-5-9-34)31(37)28(16-22)39-2)30(36)25(19-33)13-23-15-27(21-35-10-6-7-11-35)32(38)29(17-23)40-3/h12-17,37-38H,4-11,18-21H2,1-3H3/b24-12+,25-13+. The maximum absolute atomic E-state index is 13.7. The van der Waals surface area contributed by atoms with Crippen LogP contribution >= 0.6 is 0 Å². The van der Waals surface area contributed by atoms with Crippen molar-refractivity contribution in [2.75, 3.05) is 60.5 Å². The van der Waals surface area contributed by atoms with E-state index in [1.54, 1.807) is 26.4 Å². The fourth-order valence-electron chi connectivity index (χ4n) is 6.07. The summed E-state index contributed by atoms with van der Waals surface area (Å²) < 4.78 is 11.0. The van der Waals surface area contributed by atoms with Crippen LogP contribution in [0, 0.1) is 0 Å². The lowest BCUT2D eigenvalue weighted by Crippen LogP contribution is -2.34. The molecule has 214 valence electrons. The van der Waals surface area contributed by atoms with Crippen molar-refractivity contribution >= 4 is 17.9 Å². The molecule has 0 saturated carbocycles. The van der Waals surface area contributed by atoms with E-state index in [2.05, 4.69) is 14.7 Å². The van der Waals surface area contributed by atoms with E-state index in [1.165, 1.54) is 25.7 Å². The van der Waals surface area contributed by atoms with Crippen LogP contribution < -0.4 is 9.47 Å². The largest absolute Gasteiger partial charge is 0.504 e. The molecule has 0 radical (unpaired) electrons. The molecule has 8 nitrogen and oxygen atoms in total. The summed E-state index contributed by atoms with van der Waals surface area (Å²) in [6.45, 7) is 6.44. The Balaban J connectivity index is 1.45. The Labute approximate surface area is 237 Å². The summed E-state index contributed by atoms with van der Waals surface area (Å²) in [5.74, 6) is 1.15. The maximum Gasteiger partial charge on any atom is 0.187 e. The summed E-state index contributed by atoms with van der Waals surface area (Å²) in [5.41, 5.74) is 4.65. The highest BCUT2D eigenvalue weighted by Gasteiger charge is 2.25. The first kappa shape index (κ1) is 28.2. The highest BCUT2D eigenvalue weighted by molar-refractivity contribution is 6.14. The van der Waals surface area contributed by atoms with Crippen molar-refractivity contribution in [2.45, 2.75) is 38.8 Å². The molecule has 0 aromatic heterocycles. The minimum Gasteiger partial charge on any atom is -0.504 e. The Hall–Kier alpha value is -3.33. The van der Waals surface area contributed by atoms with Crippen LogP contribution in [0.15, 0.2) is 35.4 Å². The van der Waals surface area contributed by atoms with E-state index in [4.69, 9.17) is 9.47 Å². The van der Waals surface area contributed by atoms with Crippen molar-refractivity contribution in [2.24, 2.45) is 0 Å². The van der Waals surface area contributed by atoms with E-state index in [1.807, 2.05) is 31.3 Å². The number of ether oxygens (including phenoxy) is 2. The van der Waals surface area contributed by atoms with E-state index < -0.39 is 0 Å². The second kappa shape index (κ2) is 12.5. The minimum absolute atomic E-state index is 0.000584. The van der Waals surface area contributed by atoms with Crippen LogP contribution in [0.4, 0.5) is 0 Å². The third-order valence-electron chi connectivity index (χ3n) is 8.12. The number of hydrogen-bond donors (Lipinski definition) is 2. The number of methoxy groups -OCH3 is 2. The molecule has 3 fully saturated rings. The van der Waals surface area contributed by atoms with Crippen molar-refractivity contribution < 1.29 is 24.5 Å². The quantitative estimate of drug-likeness (QED) is 0.474. The number of likely N-dealkylation sites (N-methyl/N-ethyl adjacent to an activating group) is 1. The van der Waals surface area contributed by atoms with Gasteiger partial charge in [0.2, 0.25) is 0 Å². The number of aromatic hydroxyl groups is 2. The molecule has 0 spiro atoms. The van der Waals surface area contributed by atoms with Gasteiger partial charge in [0.05, 0.1) is 14.2 Å². The molecule has 2 aromatic carbocycles. The maximum atomic E-state index is 13.7. The number of benzene rings is 2. The SMILES string of the molecule is COc1cc(/C=C2\CN(C)C/C(=C\c3cc(CN4CCCC4)c(O)c(OC)c3)C2=O)cc(CN2CCCC2)c1O. The Bertz CT molecular complexity index is 1210. The van der Waals surface area contributed by atoms with Gasteiger partial charge in [-0.25, -0.2) is 0 Å². The van der Waals surface area contributed by atoms with Crippen molar-refractivity contribution in [1.82, 2.24) is 14.7 Å². The predicted octanol–water partition coefficient (Wildman–Crippen LogP) is 4.29. The lowest BCUT2D eigenvalue weighted by atomic mass is 9.93. The molecule has 0 unspecified atom stereocenters. The molecular weight excluding hydrogens is 506 g/mol. The lowest BCUT2D eigenvalue weighted by Gasteiger charge is -2.26. The monoisotopic (exact) mass is 547 g/mol. The molecule has 0 atom stereocenters. The first-order valence-corrected chi connectivity index (χ1v) is 14.2. The van der Waals surface area contributed by atoms with Crippen LogP contribution in [-0.2, 0) is 17.9 Å². The second-order valence-electron chi connectivity index (χ2n) is 11.3. The Kier molecular flexibility index (Phi) is 8.78. The number of hydrogen-bond acceptors (Lipinski definition) is 8. The number of phenols is 2. The molecule has 3 aliphatic rings. The third-order valence-corrected chi connectivity index (χ3v) is 8.12. The molecule has 0 amide bonds. The van der Waals surface area contributed by atoms with Crippen molar-refractivity contribution in [3.63, 3.8) is 0 Å². The number of ketones is 1. The summed E-state index contributed by atoms with van der Waals surface area (Å²) in [7, 11) is 5.10. The predicted molar refractivity (Wildman–Crippen MR) is 157 cm³/mol. The fourth-order valence-corrected chi connectivity index (χ4v) is 6.07. The average molecular weight is 548 g/mol. The topological polar surface area (TPSA) is 85.7 Å². The number of rotatable bonds is 8. The zero-order valence-corrected chi connectivity index (χ0v) is 23.9. The van der Waals surface area contributed by atoms with Gasteiger partial charge in [-0.3, -0.25) is 19.5 Å². The molecule has 2 N–H and O–H groups in total. The van der Waals surface area contributed by atoms with Gasteiger partial charge in [-0.2, -0.15) is 0 Å². The van der Waals surface area contributed by atoms with Gasteiger partial charge in [-0.1, -0.05) is 0 Å². The number of likely N-dealkylation sites (tertiary alicyclic amines) is 3. The molecule has 3 aliphatic heterocycles.